The number of methoxy groups -OCH3 is 1. The maximum Gasteiger partial charge on any atom is 0.259 e. The zero-order valence-electron chi connectivity index (χ0n) is 13.2. The summed E-state index contributed by atoms with van der Waals surface area (Å²) in [4.78, 5) is 12.3. The molecule has 1 unspecified atom stereocenters. The first-order valence-corrected chi connectivity index (χ1v) is 7.45. The number of nitrogens with one attached hydrogen (secondary N) is 2. The molecule has 0 aromatic heterocycles. The van der Waals surface area contributed by atoms with E-state index in [1.165, 1.54) is 0 Å². The molecule has 2 rings (SSSR count). The van der Waals surface area contributed by atoms with Crippen molar-refractivity contribution in [1.82, 2.24) is 0 Å². The van der Waals surface area contributed by atoms with Gasteiger partial charge >= 0.3 is 0 Å². The molecular weight excluding hydrogens is 276 g/mol. The van der Waals surface area contributed by atoms with E-state index in [2.05, 4.69) is 24.5 Å². The number of ether oxygens (including phenoxy) is 1. The number of hydrogen-bond acceptors (Lipinski definition) is 3. The van der Waals surface area contributed by atoms with E-state index in [4.69, 9.17) is 4.74 Å². The van der Waals surface area contributed by atoms with Crippen LogP contribution in [0.3, 0.4) is 0 Å². The van der Waals surface area contributed by atoms with Gasteiger partial charge in [0.1, 0.15) is 5.75 Å². The van der Waals surface area contributed by atoms with Crippen molar-refractivity contribution < 1.29 is 9.53 Å². The van der Waals surface area contributed by atoms with Crippen LogP contribution in [0.15, 0.2) is 48.5 Å². The summed E-state index contributed by atoms with van der Waals surface area (Å²) in [6.45, 7) is 4.27. The molecule has 0 heterocycles. The molecule has 2 aromatic rings. The molecule has 0 bridgehead atoms. The van der Waals surface area contributed by atoms with Crippen molar-refractivity contribution in [1.29, 1.82) is 0 Å². The molecule has 1 amide bonds. The SMILES string of the molecule is CCC(C)Nc1ccc(NC(=O)c2ccccc2OC)cc1. The second-order valence-electron chi connectivity index (χ2n) is 5.19. The lowest BCUT2D eigenvalue weighted by Crippen LogP contribution is -2.14. The Kier molecular flexibility index (Phi) is 5.42. The average molecular weight is 298 g/mol. The van der Waals surface area contributed by atoms with Crippen molar-refractivity contribution in [2.75, 3.05) is 17.7 Å². The molecule has 2 aromatic carbocycles. The molecule has 0 aliphatic heterocycles. The fourth-order valence-corrected chi connectivity index (χ4v) is 2.07. The number of benzene rings is 2. The normalized spacial score (nSPS) is 11.6. The second-order valence-corrected chi connectivity index (χ2v) is 5.19. The molecule has 0 aliphatic carbocycles. The van der Waals surface area contributed by atoms with Gasteiger partial charge in [-0.15, -0.1) is 0 Å². The predicted molar refractivity (Wildman–Crippen MR) is 90.8 cm³/mol. The summed E-state index contributed by atoms with van der Waals surface area (Å²) in [7, 11) is 1.56. The summed E-state index contributed by atoms with van der Waals surface area (Å²) >= 11 is 0. The first-order valence-electron chi connectivity index (χ1n) is 7.45. The lowest BCUT2D eigenvalue weighted by molar-refractivity contribution is 0.102. The van der Waals surface area contributed by atoms with E-state index in [9.17, 15) is 4.79 Å². The van der Waals surface area contributed by atoms with Gasteiger partial charge in [0.2, 0.25) is 0 Å². The molecule has 4 nitrogen and oxygen atoms in total. The van der Waals surface area contributed by atoms with Gasteiger partial charge in [0, 0.05) is 17.4 Å². The molecule has 0 saturated carbocycles. The summed E-state index contributed by atoms with van der Waals surface area (Å²) in [6, 6.07) is 15.3. The lowest BCUT2D eigenvalue weighted by atomic mass is 10.1. The van der Waals surface area contributed by atoms with Crippen LogP contribution in [-0.4, -0.2) is 19.1 Å². The number of anilines is 2. The summed E-state index contributed by atoms with van der Waals surface area (Å²) in [5.74, 6) is 0.384. The summed E-state index contributed by atoms with van der Waals surface area (Å²) in [5.41, 5.74) is 2.32. The number of amides is 1. The minimum Gasteiger partial charge on any atom is -0.496 e. The van der Waals surface area contributed by atoms with Gasteiger partial charge in [0.05, 0.1) is 12.7 Å². The summed E-state index contributed by atoms with van der Waals surface area (Å²) in [5, 5.41) is 6.27. The largest absolute Gasteiger partial charge is 0.496 e. The molecule has 0 saturated heterocycles. The van der Waals surface area contributed by atoms with E-state index >= 15 is 0 Å². The maximum atomic E-state index is 12.3. The van der Waals surface area contributed by atoms with E-state index in [1.54, 1.807) is 19.2 Å². The summed E-state index contributed by atoms with van der Waals surface area (Å²) < 4.78 is 5.21. The van der Waals surface area contributed by atoms with Crippen molar-refractivity contribution in [3.05, 3.63) is 54.1 Å². The Morgan fingerprint density at radius 2 is 1.73 bits per heavy atom. The van der Waals surface area contributed by atoms with E-state index < -0.39 is 0 Å². The molecule has 4 heteroatoms. The highest BCUT2D eigenvalue weighted by Gasteiger charge is 2.11. The number of hydrogen-bond donors (Lipinski definition) is 2. The van der Waals surface area contributed by atoms with Crippen LogP contribution in [0.2, 0.25) is 0 Å². The Labute approximate surface area is 131 Å². The van der Waals surface area contributed by atoms with Crippen LogP contribution < -0.4 is 15.4 Å². The van der Waals surface area contributed by atoms with Gasteiger partial charge in [0.15, 0.2) is 0 Å². The molecule has 116 valence electrons. The quantitative estimate of drug-likeness (QED) is 0.842. The van der Waals surface area contributed by atoms with Crippen molar-refractivity contribution in [3.8, 4) is 5.75 Å². The third kappa shape index (κ3) is 4.01. The minimum absolute atomic E-state index is 0.180. The van der Waals surface area contributed by atoms with Crippen LogP contribution in [0.4, 0.5) is 11.4 Å². The zero-order valence-corrected chi connectivity index (χ0v) is 13.2. The third-order valence-corrected chi connectivity index (χ3v) is 3.52. The first kappa shape index (κ1) is 15.9. The van der Waals surface area contributed by atoms with Gasteiger partial charge in [-0.25, -0.2) is 0 Å². The molecule has 0 spiro atoms. The van der Waals surface area contributed by atoms with Gasteiger partial charge in [0.25, 0.3) is 5.91 Å². The molecule has 1 atom stereocenters. The highest BCUT2D eigenvalue weighted by atomic mass is 16.5. The van der Waals surface area contributed by atoms with Gasteiger partial charge in [-0.3, -0.25) is 4.79 Å². The molecular formula is C18H22N2O2. The van der Waals surface area contributed by atoms with Gasteiger partial charge in [-0.1, -0.05) is 19.1 Å². The van der Waals surface area contributed by atoms with E-state index in [1.807, 2.05) is 36.4 Å². The van der Waals surface area contributed by atoms with Crippen LogP contribution in [0.5, 0.6) is 5.75 Å². The lowest BCUT2D eigenvalue weighted by Gasteiger charge is -2.14. The molecule has 0 fully saturated rings. The average Bonchev–Trinajstić information content (AvgIpc) is 2.56. The molecule has 22 heavy (non-hydrogen) atoms. The van der Waals surface area contributed by atoms with E-state index in [0.717, 1.165) is 17.8 Å². The maximum absolute atomic E-state index is 12.3. The number of carbonyl (C=O) groups is 1. The standard InChI is InChI=1S/C18H22N2O2/c1-4-13(2)19-14-9-11-15(12-10-14)20-18(21)16-7-5-6-8-17(16)22-3/h5-13,19H,4H2,1-3H3,(H,20,21). The van der Waals surface area contributed by atoms with Crippen molar-refractivity contribution in [2.24, 2.45) is 0 Å². The predicted octanol–water partition coefficient (Wildman–Crippen LogP) is 4.16. The van der Waals surface area contributed by atoms with Crippen molar-refractivity contribution in [3.63, 3.8) is 0 Å². The third-order valence-electron chi connectivity index (χ3n) is 3.52. The van der Waals surface area contributed by atoms with E-state index in [-0.39, 0.29) is 5.91 Å². The monoisotopic (exact) mass is 298 g/mol. The fraction of sp³-hybridized carbons (Fsp3) is 0.278. The van der Waals surface area contributed by atoms with Crippen LogP contribution in [0.25, 0.3) is 0 Å². The van der Waals surface area contributed by atoms with Gasteiger partial charge in [-0.05, 0) is 49.7 Å². The van der Waals surface area contributed by atoms with Crippen molar-refractivity contribution in [2.45, 2.75) is 26.3 Å². The van der Waals surface area contributed by atoms with E-state index in [0.29, 0.717) is 17.4 Å². The number of carbonyl (C=O) groups excluding carboxylic acids is 1. The minimum atomic E-state index is -0.180. The zero-order chi connectivity index (χ0) is 15.9. The van der Waals surface area contributed by atoms with Crippen molar-refractivity contribution >= 4 is 17.3 Å². The highest BCUT2D eigenvalue weighted by molar-refractivity contribution is 6.06. The molecule has 0 aliphatic rings. The smallest absolute Gasteiger partial charge is 0.259 e. The Bertz CT molecular complexity index is 623. The molecule has 2 N–H and O–H groups in total. The Morgan fingerprint density at radius 1 is 1.09 bits per heavy atom. The van der Waals surface area contributed by atoms with Gasteiger partial charge in [-0.2, -0.15) is 0 Å². The topological polar surface area (TPSA) is 50.4 Å². The van der Waals surface area contributed by atoms with Gasteiger partial charge < -0.3 is 15.4 Å². The Morgan fingerprint density at radius 3 is 2.36 bits per heavy atom. The number of rotatable bonds is 6. The van der Waals surface area contributed by atoms with Crippen LogP contribution in [0.1, 0.15) is 30.6 Å². The fourth-order valence-electron chi connectivity index (χ4n) is 2.07. The Hall–Kier alpha value is -2.49. The second kappa shape index (κ2) is 7.50. The van der Waals surface area contributed by atoms with Crippen LogP contribution in [0, 0.1) is 0 Å². The summed E-state index contributed by atoms with van der Waals surface area (Å²) in [6.07, 6.45) is 1.06. The van der Waals surface area contributed by atoms with Crippen LogP contribution in [-0.2, 0) is 0 Å². The number of para-hydroxylation sites is 1. The van der Waals surface area contributed by atoms with Crippen LogP contribution >= 0.6 is 0 Å². The molecule has 0 radical (unpaired) electrons. The Balaban J connectivity index is 2.06. The highest BCUT2D eigenvalue weighted by Crippen LogP contribution is 2.20. The first-order chi connectivity index (χ1) is 10.6.